The SMILES string of the molecule is CN(CCC1COC1)C(=O)c1ccc2ncc(-c3ccc4c(=O)n(C)ccc4c3)nc2c1. The third-order valence-electron chi connectivity index (χ3n) is 6.09. The predicted molar refractivity (Wildman–Crippen MR) is 124 cm³/mol. The van der Waals surface area contributed by atoms with E-state index in [4.69, 9.17) is 9.72 Å². The maximum absolute atomic E-state index is 12.9. The van der Waals surface area contributed by atoms with E-state index in [0.29, 0.717) is 34.6 Å². The lowest BCUT2D eigenvalue weighted by molar-refractivity contribution is -0.0376. The maximum atomic E-state index is 12.9. The van der Waals surface area contributed by atoms with Crippen LogP contribution in [-0.2, 0) is 11.8 Å². The number of carbonyl (C=O) groups excluding carboxylic acids is 1. The number of pyridine rings is 1. The van der Waals surface area contributed by atoms with Crippen molar-refractivity contribution < 1.29 is 9.53 Å². The lowest BCUT2D eigenvalue weighted by Gasteiger charge is -2.28. The molecule has 2 aromatic carbocycles. The Labute approximate surface area is 185 Å². The Morgan fingerprint density at radius 2 is 2.00 bits per heavy atom. The summed E-state index contributed by atoms with van der Waals surface area (Å²) in [5.41, 5.74) is 3.53. The lowest BCUT2D eigenvalue weighted by atomic mass is 10.0. The summed E-state index contributed by atoms with van der Waals surface area (Å²) in [6.07, 6.45) is 4.43. The number of aryl methyl sites for hydroxylation is 1. The van der Waals surface area contributed by atoms with Gasteiger partial charge in [-0.05, 0) is 48.2 Å². The minimum atomic E-state index is -0.0317. The van der Waals surface area contributed by atoms with E-state index in [1.54, 1.807) is 41.0 Å². The Kier molecular flexibility index (Phi) is 5.19. The molecule has 0 unspecified atom stereocenters. The summed E-state index contributed by atoms with van der Waals surface area (Å²) in [7, 11) is 3.57. The van der Waals surface area contributed by atoms with Gasteiger partial charge in [-0.1, -0.05) is 6.07 Å². The highest BCUT2D eigenvalue weighted by molar-refractivity contribution is 5.97. The molecule has 4 aromatic rings. The van der Waals surface area contributed by atoms with Crippen molar-refractivity contribution in [2.75, 3.05) is 26.8 Å². The molecule has 1 aliphatic heterocycles. The lowest BCUT2D eigenvalue weighted by Crippen LogP contribution is -2.34. The van der Waals surface area contributed by atoms with Crippen molar-refractivity contribution in [2.24, 2.45) is 13.0 Å². The third kappa shape index (κ3) is 3.76. The number of rotatable bonds is 5. The second-order valence-corrected chi connectivity index (χ2v) is 8.41. The van der Waals surface area contributed by atoms with Gasteiger partial charge in [-0.15, -0.1) is 0 Å². The van der Waals surface area contributed by atoms with Gasteiger partial charge in [-0.3, -0.25) is 14.6 Å². The number of aromatic nitrogens is 3. The smallest absolute Gasteiger partial charge is 0.258 e. The van der Waals surface area contributed by atoms with Crippen LogP contribution in [0.4, 0.5) is 0 Å². The molecule has 2 aromatic heterocycles. The highest BCUT2D eigenvalue weighted by atomic mass is 16.5. The van der Waals surface area contributed by atoms with Gasteiger partial charge in [0.1, 0.15) is 0 Å². The van der Waals surface area contributed by atoms with Crippen LogP contribution in [0.25, 0.3) is 33.1 Å². The molecule has 5 rings (SSSR count). The number of fused-ring (bicyclic) bond motifs is 2. The van der Waals surface area contributed by atoms with Gasteiger partial charge < -0.3 is 14.2 Å². The quantitative estimate of drug-likeness (QED) is 0.488. The molecule has 1 aliphatic rings. The molecular formula is C25H24N4O3. The molecule has 7 heteroatoms. The standard InChI is InChI=1S/C25H24N4O3/c1-28(9-7-16-14-32-15-16)24(30)19-4-6-21-22(12-19)27-23(13-26-21)18-3-5-20-17(11-18)8-10-29(2)25(20)31/h3-6,8,10-13,16H,7,9,14-15H2,1-2H3. The molecule has 1 fully saturated rings. The highest BCUT2D eigenvalue weighted by Crippen LogP contribution is 2.24. The minimum absolute atomic E-state index is 0.0269. The van der Waals surface area contributed by atoms with Crippen molar-refractivity contribution in [3.63, 3.8) is 0 Å². The van der Waals surface area contributed by atoms with E-state index >= 15 is 0 Å². The van der Waals surface area contributed by atoms with E-state index in [1.807, 2.05) is 37.4 Å². The van der Waals surface area contributed by atoms with E-state index in [0.717, 1.165) is 36.1 Å². The van der Waals surface area contributed by atoms with Crippen molar-refractivity contribution in [1.29, 1.82) is 0 Å². The van der Waals surface area contributed by atoms with Gasteiger partial charge in [-0.25, -0.2) is 4.98 Å². The Morgan fingerprint density at radius 1 is 1.16 bits per heavy atom. The average Bonchev–Trinajstić information content (AvgIpc) is 2.79. The fourth-order valence-electron chi connectivity index (χ4n) is 3.94. The van der Waals surface area contributed by atoms with Gasteiger partial charge in [0.2, 0.25) is 0 Å². The second kappa shape index (κ2) is 8.16. The van der Waals surface area contributed by atoms with Crippen molar-refractivity contribution >= 4 is 27.7 Å². The summed E-state index contributed by atoms with van der Waals surface area (Å²) in [6, 6.07) is 13.0. The number of hydrogen-bond acceptors (Lipinski definition) is 5. The molecule has 32 heavy (non-hydrogen) atoms. The van der Waals surface area contributed by atoms with E-state index in [1.165, 1.54) is 0 Å². The summed E-state index contributed by atoms with van der Waals surface area (Å²) < 4.78 is 6.77. The first-order valence-electron chi connectivity index (χ1n) is 10.7. The van der Waals surface area contributed by atoms with Crippen LogP contribution in [0.2, 0.25) is 0 Å². The summed E-state index contributed by atoms with van der Waals surface area (Å²) >= 11 is 0. The number of benzene rings is 2. The Balaban J connectivity index is 1.44. The highest BCUT2D eigenvalue weighted by Gasteiger charge is 2.20. The maximum Gasteiger partial charge on any atom is 0.258 e. The largest absolute Gasteiger partial charge is 0.381 e. The molecule has 0 atom stereocenters. The van der Waals surface area contributed by atoms with Crippen molar-refractivity contribution in [1.82, 2.24) is 19.4 Å². The first-order valence-corrected chi connectivity index (χ1v) is 10.7. The molecule has 0 saturated carbocycles. The van der Waals surface area contributed by atoms with Crippen LogP contribution in [0.15, 0.2) is 59.7 Å². The van der Waals surface area contributed by atoms with E-state index in [-0.39, 0.29) is 11.5 Å². The molecule has 162 valence electrons. The van der Waals surface area contributed by atoms with Crippen LogP contribution in [0.1, 0.15) is 16.8 Å². The van der Waals surface area contributed by atoms with Gasteiger partial charge >= 0.3 is 0 Å². The van der Waals surface area contributed by atoms with Crippen LogP contribution < -0.4 is 5.56 Å². The van der Waals surface area contributed by atoms with Crippen molar-refractivity contribution in [3.05, 3.63) is 70.8 Å². The second-order valence-electron chi connectivity index (χ2n) is 8.41. The molecule has 0 N–H and O–H groups in total. The average molecular weight is 428 g/mol. The Hall–Kier alpha value is -3.58. The third-order valence-corrected chi connectivity index (χ3v) is 6.09. The summed E-state index contributed by atoms with van der Waals surface area (Å²) in [6.45, 7) is 2.28. The number of amides is 1. The summed E-state index contributed by atoms with van der Waals surface area (Å²) in [4.78, 5) is 36.2. The zero-order valence-electron chi connectivity index (χ0n) is 18.1. The molecule has 0 spiro atoms. The minimum Gasteiger partial charge on any atom is -0.381 e. The van der Waals surface area contributed by atoms with Crippen LogP contribution in [0.5, 0.6) is 0 Å². The van der Waals surface area contributed by atoms with Gasteiger partial charge in [0.15, 0.2) is 0 Å². The van der Waals surface area contributed by atoms with E-state index in [2.05, 4.69) is 4.98 Å². The number of nitrogens with zero attached hydrogens (tertiary/aromatic N) is 4. The number of carbonyl (C=O) groups is 1. The molecule has 1 amide bonds. The number of ether oxygens (including phenoxy) is 1. The van der Waals surface area contributed by atoms with Crippen LogP contribution >= 0.6 is 0 Å². The predicted octanol–water partition coefficient (Wildman–Crippen LogP) is 3.26. The van der Waals surface area contributed by atoms with Crippen LogP contribution in [-0.4, -0.2) is 52.1 Å². The first kappa shape index (κ1) is 20.3. The number of hydrogen-bond donors (Lipinski definition) is 0. The van der Waals surface area contributed by atoms with E-state index < -0.39 is 0 Å². The van der Waals surface area contributed by atoms with Crippen LogP contribution in [0.3, 0.4) is 0 Å². The molecule has 0 bridgehead atoms. The molecule has 7 nitrogen and oxygen atoms in total. The van der Waals surface area contributed by atoms with E-state index in [9.17, 15) is 9.59 Å². The van der Waals surface area contributed by atoms with Gasteiger partial charge in [0.05, 0.1) is 36.1 Å². The normalized spacial score (nSPS) is 13.9. The fourth-order valence-corrected chi connectivity index (χ4v) is 3.94. The summed E-state index contributed by atoms with van der Waals surface area (Å²) in [5, 5.41) is 1.52. The van der Waals surface area contributed by atoms with Gasteiger partial charge in [0, 0.05) is 49.3 Å². The zero-order chi connectivity index (χ0) is 22.2. The summed E-state index contributed by atoms with van der Waals surface area (Å²) in [5.74, 6) is 0.526. The van der Waals surface area contributed by atoms with Crippen molar-refractivity contribution in [3.8, 4) is 11.3 Å². The molecule has 1 saturated heterocycles. The van der Waals surface area contributed by atoms with Gasteiger partial charge in [-0.2, -0.15) is 0 Å². The zero-order valence-corrected chi connectivity index (χ0v) is 18.1. The first-order chi connectivity index (χ1) is 15.5. The molecule has 3 heterocycles. The van der Waals surface area contributed by atoms with Crippen molar-refractivity contribution in [2.45, 2.75) is 6.42 Å². The Morgan fingerprint density at radius 3 is 2.78 bits per heavy atom. The topological polar surface area (TPSA) is 77.3 Å². The molecule has 0 radical (unpaired) electrons. The molecule has 0 aliphatic carbocycles. The molecular weight excluding hydrogens is 404 g/mol. The fraction of sp³-hybridized carbons (Fsp3) is 0.280. The monoisotopic (exact) mass is 428 g/mol. The Bertz CT molecular complexity index is 1390. The van der Waals surface area contributed by atoms with Crippen LogP contribution in [0, 0.1) is 5.92 Å². The van der Waals surface area contributed by atoms with Gasteiger partial charge in [0.25, 0.3) is 11.5 Å².